The number of piperidine rings is 1. The second-order valence-corrected chi connectivity index (χ2v) is 6.37. The normalized spacial score (nSPS) is 16.2. The first kappa shape index (κ1) is 13.5. The van der Waals surface area contributed by atoms with E-state index >= 15 is 0 Å². The number of benzene rings is 1. The van der Waals surface area contributed by atoms with Crippen molar-refractivity contribution in [2.75, 3.05) is 19.6 Å². The first-order valence-electron chi connectivity index (χ1n) is 7.24. The Bertz CT molecular complexity index is 570. The molecule has 0 bridgehead atoms. The number of likely N-dealkylation sites (tertiary alicyclic amines) is 1. The standard InChI is InChI=1S/C17H19NOS/c19-15(13-18-11-5-2-6-12-18)17-10-9-16(20-17)14-7-3-1-4-8-14/h1,3-4,7-10H,2,5-6,11-13H2. The first-order chi connectivity index (χ1) is 9.83. The topological polar surface area (TPSA) is 20.3 Å². The van der Waals surface area contributed by atoms with E-state index < -0.39 is 0 Å². The van der Waals surface area contributed by atoms with E-state index in [1.165, 1.54) is 29.7 Å². The Kier molecular flexibility index (Phi) is 4.28. The van der Waals surface area contributed by atoms with Crippen LogP contribution in [0, 0.1) is 0 Å². The van der Waals surface area contributed by atoms with Crippen molar-refractivity contribution in [2.24, 2.45) is 0 Å². The maximum Gasteiger partial charge on any atom is 0.186 e. The van der Waals surface area contributed by atoms with Crippen LogP contribution in [0.1, 0.15) is 28.9 Å². The highest BCUT2D eigenvalue weighted by molar-refractivity contribution is 7.17. The zero-order valence-electron chi connectivity index (χ0n) is 11.5. The summed E-state index contributed by atoms with van der Waals surface area (Å²) in [6, 6.07) is 14.3. The van der Waals surface area contributed by atoms with Gasteiger partial charge >= 0.3 is 0 Å². The summed E-state index contributed by atoms with van der Waals surface area (Å²) < 4.78 is 0. The van der Waals surface area contributed by atoms with Gasteiger partial charge in [0.05, 0.1) is 11.4 Å². The summed E-state index contributed by atoms with van der Waals surface area (Å²) in [6.07, 6.45) is 3.77. The number of ketones is 1. The molecule has 1 aliphatic heterocycles. The average molecular weight is 285 g/mol. The quantitative estimate of drug-likeness (QED) is 0.789. The number of Topliss-reactive ketones (excluding diaryl/α,β-unsaturated/α-hetero) is 1. The van der Waals surface area contributed by atoms with Crippen molar-refractivity contribution in [1.82, 2.24) is 4.90 Å². The van der Waals surface area contributed by atoms with Crippen molar-refractivity contribution in [3.8, 4) is 10.4 Å². The van der Waals surface area contributed by atoms with Crippen molar-refractivity contribution >= 4 is 17.1 Å². The van der Waals surface area contributed by atoms with Crippen LogP contribution < -0.4 is 0 Å². The average Bonchev–Trinajstić information content (AvgIpc) is 2.99. The minimum Gasteiger partial charge on any atom is -0.296 e. The Morgan fingerprint density at radius 1 is 1.00 bits per heavy atom. The van der Waals surface area contributed by atoms with E-state index in [1.807, 2.05) is 24.3 Å². The van der Waals surface area contributed by atoms with Crippen molar-refractivity contribution < 1.29 is 4.79 Å². The molecule has 0 spiro atoms. The number of carbonyl (C=O) groups is 1. The molecule has 1 aromatic heterocycles. The monoisotopic (exact) mass is 285 g/mol. The Morgan fingerprint density at radius 3 is 2.50 bits per heavy atom. The lowest BCUT2D eigenvalue weighted by molar-refractivity contribution is 0.0920. The fourth-order valence-corrected chi connectivity index (χ4v) is 3.59. The van der Waals surface area contributed by atoms with Crippen LogP contribution in [0.2, 0.25) is 0 Å². The number of thiophene rings is 1. The van der Waals surface area contributed by atoms with E-state index in [0.29, 0.717) is 6.54 Å². The van der Waals surface area contributed by atoms with Gasteiger partial charge in [-0.05, 0) is 43.6 Å². The molecule has 3 heteroatoms. The molecule has 0 N–H and O–H groups in total. The molecule has 0 unspecified atom stereocenters. The van der Waals surface area contributed by atoms with Crippen LogP contribution in [0.5, 0.6) is 0 Å². The molecule has 2 nitrogen and oxygen atoms in total. The fraction of sp³-hybridized carbons (Fsp3) is 0.353. The van der Waals surface area contributed by atoms with Crippen LogP contribution in [0.4, 0.5) is 0 Å². The van der Waals surface area contributed by atoms with Crippen molar-refractivity contribution in [1.29, 1.82) is 0 Å². The second-order valence-electron chi connectivity index (χ2n) is 5.29. The molecule has 1 saturated heterocycles. The molecule has 2 aromatic rings. The van der Waals surface area contributed by atoms with E-state index in [4.69, 9.17) is 0 Å². The predicted octanol–water partition coefficient (Wildman–Crippen LogP) is 4.08. The third kappa shape index (κ3) is 3.17. The SMILES string of the molecule is O=C(CN1CCCCC1)c1ccc(-c2ccccc2)s1. The molecular weight excluding hydrogens is 266 g/mol. The Labute approximate surface area is 124 Å². The summed E-state index contributed by atoms with van der Waals surface area (Å²) >= 11 is 1.61. The molecule has 0 saturated carbocycles. The summed E-state index contributed by atoms with van der Waals surface area (Å²) in [6.45, 7) is 2.72. The van der Waals surface area contributed by atoms with Crippen LogP contribution in [-0.4, -0.2) is 30.3 Å². The van der Waals surface area contributed by atoms with Crippen LogP contribution in [0.15, 0.2) is 42.5 Å². The molecule has 2 heterocycles. The van der Waals surface area contributed by atoms with E-state index in [9.17, 15) is 4.79 Å². The molecule has 0 amide bonds. The molecular formula is C17H19NOS. The molecule has 1 fully saturated rings. The van der Waals surface area contributed by atoms with Crippen LogP contribution in [0.25, 0.3) is 10.4 Å². The maximum absolute atomic E-state index is 12.3. The Hall–Kier alpha value is -1.45. The zero-order chi connectivity index (χ0) is 13.8. The third-order valence-corrected chi connectivity index (χ3v) is 4.93. The molecule has 104 valence electrons. The van der Waals surface area contributed by atoms with Gasteiger partial charge in [0, 0.05) is 4.88 Å². The highest BCUT2D eigenvalue weighted by atomic mass is 32.1. The van der Waals surface area contributed by atoms with Crippen molar-refractivity contribution in [2.45, 2.75) is 19.3 Å². The minimum absolute atomic E-state index is 0.263. The highest BCUT2D eigenvalue weighted by Crippen LogP contribution is 2.28. The van der Waals surface area contributed by atoms with Gasteiger partial charge < -0.3 is 0 Å². The zero-order valence-corrected chi connectivity index (χ0v) is 12.4. The largest absolute Gasteiger partial charge is 0.296 e. The predicted molar refractivity (Wildman–Crippen MR) is 84.4 cm³/mol. The lowest BCUT2D eigenvalue weighted by atomic mass is 10.1. The number of hydrogen-bond acceptors (Lipinski definition) is 3. The van der Waals surface area contributed by atoms with Gasteiger partial charge in [-0.3, -0.25) is 9.69 Å². The van der Waals surface area contributed by atoms with Gasteiger partial charge in [0.1, 0.15) is 0 Å². The second kappa shape index (κ2) is 6.33. The smallest absolute Gasteiger partial charge is 0.186 e. The molecule has 0 atom stereocenters. The number of hydrogen-bond donors (Lipinski definition) is 0. The molecule has 0 radical (unpaired) electrons. The van der Waals surface area contributed by atoms with Crippen LogP contribution >= 0.6 is 11.3 Å². The highest BCUT2D eigenvalue weighted by Gasteiger charge is 2.16. The third-order valence-electron chi connectivity index (χ3n) is 3.76. The summed E-state index contributed by atoms with van der Waals surface area (Å²) in [5, 5.41) is 0. The van der Waals surface area contributed by atoms with Crippen molar-refractivity contribution in [3.05, 3.63) is 47.3 Å². The van der Waals surface area contributed by atoms with Gasteiger partial charge in [0.15, 0.2) is 5.78 Å². The van der Waals surface area contributed by atoms with E-state index in [0.717, 1.165) is 18.0 Å². The van der Waals surface area contributed by atoms with Gasteiger partial charge in [-0.15, -0.1) is 11.3 Å². The summed E-state index contributed by atoms with van der Waals surface area (Å²) in [7, 11) is 0. The molecule has 1 aliphatic rings. The van der Waals surface area contributed by atoms with E-state index in [2.05, 4.69) is 23.1 Å². The molecule has 0 aliphatic carbocycles. The van der Waals surface area contributed by atoms with Crippen LogP contribution in [-0.2, 0) is 0 Å². The molecule has 3 rings (SSSR count). The van der Waals surface area contributed by atoms with Gasteiger partial charge in [-0.25, -0.2) is 0 Å². The lowest BCUT2D eigenvalue weighted by Gasteiger charge is -2.25. The minimum atomic E-state index is 0.263. The maximum atomic E-state index is 12.3. The fourth-order valence-electron chi connectivity index (χ4n) is 2.64. The Balaban J connectivity index is 1.68. The molecule has 20 heavy (non-hydrogen) atoms. The lowest BCUT2D eigenvalue weighted by Crippen LogP contribution is -2.34. The van der Waals surface area contributed by atoms with Gasteiger partial charge in [-0.1, -0.05) is 36.8 Å². The van der Waals surface area contributed by atoms with E-state index in [1.54, 1.807) is 11.3 Å². The summed E-state index contributed by atoms with van der Waals surface area (Å²) in [4.78, 5) is 16.7. The number of carbonyl (C=O) groups excluding carboxylic acids is 1. The Morgan fingerprint density at radius 2 is 1.75 bits per heavy atom. The van der Waals surface area contributed by atoms with Gasteiger partial charge in [0.2, 0.25) is 0 Å². The summed E-state index contributed by atoms with van der Waals surface area (Å²) in [5.74, 6) is 0.263. The van der Waals surface area contributed by atoms with Gasteiger partial charge in [-0.2, -0.15) is 0 Å². The number of nitrogens with zero attached hydrogens (tertiary/aromatic N) is 1. The first-order valence-corrected chi connectivity index (χ1v) is 8.05. The van der Waals surface area contributed by atoms with E-state index in [-0.39, 0.29) is 5.78 Å². The van der Waals surface area contributed by atoms with Crippen LogP contribution in [0.3, 0.4) is 0 Å². The number of rotatable bonds is 4. The van der Waals surface area contributed by atoms with Crippen molar-refractivity contribution in [3.63, 3.8) is 0 Å². The van der Waals surface area contributed by atoms with Gasteiger partial charge in [0.25, 0.3) is 0 Å². The molecule has 1 aromatic carbocycles. The summed E-state index contributed by atoms with van der Waals surface area (Å²) in [5.41, 5.74) is 1.19.